The van der Waals surface area contributed by atoms with Crippen LogP contribution in [0, 0.1) is 11.8 Å². The normalized spacial score (nSPS) is 21.0. The standard InChI is InChI=1S/C18H26N2O4.ClH/c1-22-8-7-20(18(21)15-4-2-3-14(15)10-19)11-13-5-6-16-17(9-13)24-12-23-16;/h5-6,9,14-15H,2-4,7-8,10-12,19H2,1H3;1H/t14-,15-;/m1./s1. The summed E-state index contributed by atoms with van der Waals surface area (Å²) < 4.78 is 16.0. The van der Waals surface area contributed by atoms with E-state index in [0.717, 1.165) is 36.3 Å². The highest BCUT2D eigenvalue weighted by atomic mass is 35.5. The van der Waals surface area contributed by atoms with Gasteiger partial charge in [0, 0.05) is 26.1 Å². The van der Waals surface area contributed by atoms with Crippen LogP contribution >= 0.6 is 12.4 Å². The van der Waals surface area contributed by atoms with Crippen molar-refractivity contribution in [3.05, 3.63) is 23.8 Å². The van der Waals surface area contributed by atoms with Gasteiger partial charge in [-0.15, -0.1) is 12.4 Å². The summed E-state index contributed by atoms with van der Waals surface area (Å²) in [4.78, 5) is 14.9. The van der Waals surface area contributed by atoms with Gasteiger partial charge in [-0.25, -0.2) is 0 Å². The molecule has 0 unspecified atom stereocenters. The molecule has 2 atom stereocenters. The number of carbonyl (C=O) groups excluding carboxylic acids is 1. The Morgan fingerprint density at radius 3 is 2.88 bits per heavy atom. The van der Waals surface area contributed by atoms with E-state index in [1.54, 1.807) is 7.11 Å². The Labute approximate surface area is 155 Å². The molecule has 0 bridgehead atoms. The Morgan fingerprint density at radius 2 is 2.12 bits per heavy atom. The molecule has 0 aromatic heterocycles. The van der Waals surface area contributed by atoms with Crippen molar-refractivity contribution in [2.45, 2.75) is 25.8 Å². The van der Waals surface area contributed by atoms with Gasteiger partial charge >= 0.3 is 0 Å². The van der Waals surface area contributed by atoms with Crippen molar-refractivity contribution in [1.82, 2.24) is 4.90 Å². The van der Waals surface area contributed by atoms with Gasteiger partial charge in [-0.2, -0.15) is 0 Å². The van der Waals surface area contributed by atoms with Gasteiger partial charge in [-0.05, 0) is 43.0 Å². The van der Waals surface area contributed by atoms with Crippen molar-refractivity contribution in [1.29, 1.82) is 0 Å². The summed E-state index contributed by atoms with van der Waals surface area (Å²) in [5, 5.41) is 0. The number of benzene rings is 1. The molecule has 1 heterocycles. The van der Waals surface area contributed by atoms with E-state index < -0.39 is 0 Å². The third-order valence-electron chi connectivity index (χ3n) is 4.97. The zero-order valence-corrected chi connectivity index (χ0v) is 15.4. The summed E-state index contributed by atoms with van der Waals surface area (Å²) >= 11 is 0. The van der Waals surface area contributed by atoms with Crippen LogP contribution in [0.3, 0.4) is 0 Å². The maximum absolute atomic E-state index is 13.0. The lowest BCUT2D eigenvalue weighted by Crippen LogP contribution is -2.40. The first kappa shape index (κ1) is 19.8. The molecule has 0 radical (unpaired) electrons. The third-order valence-corrected chi connectivity index (χ3v) is 4.97. The van der Waals surface area contributed by atoms with E-state index in [4.69, 9.17) is 19.9 Å². The van der Waals surface area contributed by atoms with E-state index >= 15 is 0 Å². The van der Waals surface area contributed by atoms with E-state index in [9.17, 15) is 4.79 Å². The fraction of sp³-hybridized carbons (Fsp3) is 0.611. The third kappa shape index (κ3) is 4.57. The molecule has 3 rings (SSSR count). The number of ether oxygens (including phenoxy) is 3. The molecular weight excluding hydrogens is 344 g/mol. The zero-order chi connectivity index (χ0) is 16.9. The summed E-state index contributed by atoms with van der Waals surface area (Å²) in [5.41, 5.74) is 6.88. The number of carbonyl (C=O) groups is 1. The van der Waals surface area contributed by atoms with Crippen molar-refractivity contribution < 1.29 is 19.0 Å². The molecule has 6 nitrogen and oxygen atoms in total. The first-order valence-electron chi connectivity index (χ1n) is 8.59. The number of rotatable bonds is 7. The van der Waals surface area contributed by atoms with Crippen LogP contribution in [-0.4, -0.2) is 44.4 Å². The average Bonchev–Trinajstić information content (AvgIpc) is 3.25. The van der Waals surface area contributed by atoms with Crippen LogP contribution in [0.25, 0.3) is 0 Å². The highest BCUT2D eigenvalue weighted by molar-refractivity contribution is 5.85. The molecule has 2 N–H and O–H groups in total. The van der Waals surface area contributed by atoms with Crippen LogP contribution in [-0.2, 0) is 16.1 Å². The van der Waals surface area contributed by atoms with Crippen LogP contribution in [0.15, 0.2) is 18.2 Å². The van der Waals surface area contributed by atoms with Crippen LogP contribution in [0.2, 0.25) is 0 Å². The summed E-state index contributed by atoms with van der Waals surface area (Å²) in [6, 6.07) is 5.83. The number of nitrogens with zero attached hydrogens (tertiary/aromatic N) is 1. The molecule has 1 aliphatic carbocycles. The molecule has 2 aliphatic rings. The minimum atomic E-state index is 0. The quantitative estimate of drug-likeness (QED) is 0.796. The number of hydrogen-bond donors (Lipinski definition) is 1. The lowest BCUT2D eigenvalue weighted by molar-refractivity contribution is -0.137. The van der Waals surface area contributed by atoms with Gasteiger partial charge in [0.2, 0.25) is 12.7 Å². The summed E-state index contributed by atoms with van der Waals surface area (Å²) in [6.07, 6.45) is 3.07. The van der Waals surface area contributed by atoms with Gasteiger partial charge in [-0.1, -0.05) is 12.5 Å². The molecule has 1 saturated carbocycles. The number of halogens is 1. The fourth-order valence-electron chi connectivity index (χ4n) is 3.61. The topological polar surface area (TPSA) is 74.0 Å². The summed E-state index contributed by atoms with van der Waals surface area (Å²) in [5.74, 6) is 2.04. The lowest BCUT2D eigenvalue weighted by atomic mass is 9.94. The smallest absolute Gasteiger partial charge is 0.231 e. The molecule has 0 spiro atoms. The Hall–Kier alpha value is -1.50. The fourth-order valence-corrected chi connectivity index (χ4v) is 3.61. The van der Waals surface area contributed by atoms with E-state index in [1.807, 2.05) is 23.1 Å². The van der Waals surface area contributed by atoms with Crippen LogP contribution in [0.1, 0.15) is 24.8 Å². The monoisotopic (exact) mass is 370 g/mol. The molecular formula is C18H27ClN2O4. The predicted molar refractivity (Wildman–Crippen MR) is 97.0 cm³/mol. The van der Waals surface area contributed by atoms with E-state index in [-0.39, 0.29) is 31.0 Å². The minimum absolute atomic E-state index is 0. The zero-order valence-electron chi connectivity index (χ0n) is 14.6. The molecule has 1 aliphatic heterocycles. The average molecular weight is 371 g/mol. The Bertz CT molecular complexity index is 584. The number of nitrogens with two attached hydrogens (primary N) is 1. The van der Waals surface area contributed by atoms with Gasteiger partial charge < -0.3 is 24.8 Å². The molecule has 1 aromatic rings. The van der Waals surface area contributed by atoms with E-state index in [0.29, 0.717) is 32.2 Å². The van der Waals surface area contributed by atoms with E-state index in [1.165, 1.54) is 0 Å². The van der Waals surface area contributed by atoms with Crippen LogP contribution < -0.4 is 15.2 Å². The van der Waals surface area contributed by atoms with Crippen LogP contribution in [0.5, 0.6) is 11.5 Å². The number of hydrogen-bond acceptors (Lipinski definition) is 5. The highest BCUT2D eigenvalue weighted by Crippen LogP contribution is 2.34. The largest absolute Gasteiger partial charge is 0.454 e. The van der Waals surface area contributed by atoms with Gasteiger partial charge in [0.15, 0.2) is 11.5 Å². The van der Waals surface area contributed by atoms with E-state index in [2.05, 4.69) is 0 Å². The van der Waals surface area contributed by atoms with Gasteiger partial charge in [0.1, 0.15) is 0 Å². The van der Waals surface area contributed by atoms with Crippen LogP contribution in [0.4, 0.5) is 0 Å². The molecule has 140 valence electrons. The predicted octanol–water partition coefficient (Wildman–Crippen LogP) is 2.19. The van der Waals surface area contributed by atoms with Crippen molar-refractivity contribution in [2.75, 3.05) is 33.6 Å². The lowest BCUT2D eigenvalue weighted by Gasteiger charge is -2.28. The van der Waals surface area contributed by atoms with Gasteiger partial charge in [-0.3, -0.25) is 4.79 Å². The first-order chi connectivity index (χ1) is 11.7. The maximum atomic E-state index is 13.0. The Balaban J connectivity index is 0.00000225. The number of methoxy groups -OCH3 is 1. The minimum Gasteiger partial charge on any atom is -0.454 e. The Kier molecular flexibility index (Phi) is 7.35. The Morgan fingerprint density at radius 1 is 1.32 bits per heavy atom. The first-order valence-corrected chi connectivity index (χ1v) is 8.59. The number of fused-ring (bicyclic) bond motifs is 1. The van der Waals surface area contributed by atoms with Gasteiger partial charge in [0.25, 0.3) is 0 Å². The number of amides is 1. The summed E-state index contributed by atoms with van der Waals surface area (Å²) in [6.45, 7) is 2.49. The second-order valence-corrected chi connectivity index (χ2v) is 6.47. The van der Waals surface area contributed by atoms with Crippen molar-refractivity contribution in [3.8, 4) is 11.5 Å². The molecule has 1 amide bonds. The highest BCUT2D eigenvalue weighted by Gasteiger charge is 2.34. The SMILES string of the molecule is COCCN(Cc1ccc2c(c1)OCO2)C(=O)[C@@H]1CCC[C@@H]1CN.Cl. The van der Waals surface area contributed by atoms with Gasteiger partial charge in [0.05, 0.1) is 6.61 Å². The maximum Gasteiger partial charge on any atom is 0.231 e. The van der Waals surface area contributed by atoms with Crippen molar-refractivity contribution >= 4 is 18.3 Å². The molecule has 7 heteroatoms. The molecule has 0 saturated heterocycles. The molecule has 25 heavy (non-hydrogen) atoms. The van der Waals surface area contributed by atoms with Crippen molar-refractivity contribution in [2.24, 2.45) is 17.6 Å². The summed E-state index contributed by atoms with van der Waals surface area (Å²) in [7, 11) is 1.65. The second-order valence-electron chi connectivity index (χ2n) is 6.47. The van der Waals surface area contributed by atoms with Crippen molar-refractivity contribution in [3.63, 3.8) is 0 Å². The molecule has 1 fully saturated rings. The second kappa shape index (κ2) is 9.27. The molecule has 1 aromatic carbocycles.